The third-order valence-electron chi connectivity index (χ3n) is 5.65. The maximum atomic E-state index is 11.1. The van der Waals surface area contributed by atoms with Crippen LogP contribution in [-0.4, -0.2) is 39.9 Å². The predicted molar refractivity (Wildman–Crippen MR) is 101 cm³/mol. The van der Waals surface area contributed by atoms with Gasteiger partial charge in [-0.25, -0.2) is 0 Å². The summed E-state index contributed by atoms with van der Waals surface area (Å²) in [6, 6.07) is 5.11. The molecule has 0 N–H and O–H groups in total. The fourth-order valence-electron chi connectivity index (χ4n) is 4.25. The molecular weight excluding hydrogens is 346 g/mol. The van der Waals surface area contributed by atoms with Gasteiger partial charge in [-0.2, -0.15) is 0 Å². The van der Waals surface area contributed by atoms with Crippen LogP contribution in [-0.2, 0) is 13.0 Å². The van der Waals surface area contributed by atoms with Crippen LogP contribution in [0.2, 0.25) is 0 Å². The van der Waals surface area contributed by atoms with Crippen molar-refractivity contribution in [3.8, 4) is 5.75 Å². The maximum Gasteiger partial charge on any atom is 0.311 e. The van der Waals surface area contributed by atoms with E-state index in [4.69, 9.17) is 4.74 Å². The van der Waals surface area contributed by atoms with Gasteiger partial charge in [0.25, 0.3) is 0 Å². The first-order chi connectivity index (χ1) is 13.2. The van der Waals surface area contributed by atoms with Gasteiger partial charge < -0.3 is 14.2 Å². The summed E-state index contributed by atoms with van der Waals surface area (Å²) in [4.78, 5) is 13.0. The lowest BCUT2D eigenvalue weighted by molar-refractivity contribution is -0.385. The summed E-state index contributed by atoms with van der Waals surface area (Å²) >= 11 is 0. The molecule has 2 aliphatic heterocycles. The number of fused-ring (bicyclic) bond motifs is 1. The number of anilines is 1. The molecule has 144 valence electrons. The van der Waals surface area contributed by atoms with Crippen molar-refractivity contribution in [2.75, 3.05) is 25.1 Å². The molecule has 0 radical (unpaired) electrons. The Morgan fingerprint density at radius 2 is 2.07 bits per heavy atom. The number of nitro benzene ring substituents is 1. The zero-order valence-electron chi connectivity index (χ0n) is 15.6. The van der Waals surface area contributed by atoms with Crippen LogP contribution in [0.4, 0.5) is 11.4 Å². The molecule has 1 unspecified atom stereocenters. The highest BCUT2D eigenvalue weighted by Crippen LogP contribution is 2.35. The summed E-state index contributed by atoms with van der Waals surface area (Å²) in [5.74, 6) is 2.86. The van der Waals surface area contributed by atoms with E-state index in [2.05, 4.69) is 19.7 Å². The zero-order chi connectivity index (χ0) is 18.8. The van der Waals surface area contributed by atoms with Crippen molar-refractivity contribution in [2.45, 2.75) is 51.0 Å². The van der Waals surface area contributed by atoms with E-state index in [0.29, 0.717) is 11.7 Å². The second-order valence-electron chi connectivity index (χ2n) is 7.34. The van der Waals surface area contributed by atoms with Crippen molar-refractivity contribution in [3.05, 3.63) is 40.0 Å². The summed E-state index contributed by atoms with van der Waals surface area (Å²) in [6.07, 6.45) is 6.81. The average Bonchev–Trinajstić information content (AvgIpc) is 2.95. The van der Waals surface area contributed by atoms with Crippen molar-refractivity contribution in [2.24, 2.45) is 0 Å². The Balaban J connectivity index is 1.57. The molecule has 1 saturated heterocycles. The Kier molecular flexibility index (Phi) is 4.96. The molecule has 3 heterocycles. The molecule has 2 aromatic rings. The lowest BCUT2D eigenvalue weighted by Crippen LogP contribution is -2.35. The summed E-state index contributed by atoms with van der Waals surface area (Å²) in [5.41, 5.74) is 0.954. The van der Waals surface area contributed by atoms with Crippen LogP contribution >= 0.6 is 0 Å². The summed E-state index contributed by atoms with van der Waals surface area (Å²) in [5, 5.41) is 20.1. The SMILES string of the molecule is COc1cc(N2CCCC(c3nnc4n3CCCCC4)C2)ccc1[N+](=O)[O-]. The number of rotatable bonds is 4. The molecule has 8 nitrogen and oxygen atoms in total. The number of nitro groups is 1. The Morgan fingerprint density at radius 3 is 2.89 bits per heavy atom. The summed E-state index contributed by atoms with van der Waals surface area (Å²) in [6.45, 7) is 2.79. The third kappa shape index (κ3) is 3.48. The number of aromatic nitrogens is 3. The summed E-state index contributed by atoms with van der Waals surface area (Å²) < 4.78 is 7.56. The van der Waals surface area contributed by atoms with Crippen LogP contribution in [0.5, 0.6) is 5.75 Å². The van der Waals surface area contributed by atoms with Gasteiger partial charge in [-0.1, -0.05) is 6.42 Å². The van der Waals surface area contributed by atoms with Gasteiger partial charge >= 0.3 is 5.69 Å². The number of aryl methyl sites for hydroxylation is 1. The smallest absolute Gasteiger partial charge is 0.311 e. The van der Waals surface area contributed by atoms with Crippen molar-refractivity contribution in [3.63, 3.8) is 0 Å². The highest BCUT2D eigenvalue weighted by atomic mass is 16.6. The molecule has 0 saturated carbocycles. The van der Waals surface area contributed by atoms with E-state index in [0.717, 1.165) is 56.2 Å². The first-order valence-electron chi connectivity index (χ1n) is 9.66. The minimum atomic E-state index is -0.410. The normalized spacial score (nSPS) is 20.0. The van der Waals surface area contributed by atoms with E-state index < -0.39 is 4.92 Å². The molecule has 0 spiro atoms. The molecule has 0 aliphatic carbocycles. The topological polar surface area (TPSA) is 86.3 Å². The zero-order valence-corrected chi connectivity index (χ0v) is 15.6. The molecule has 0 amide bonds. The van der Waals surface area contributed by atoms with Gasteiger partial charge in [0.2, 0.25) is 0 Å². The number of nitrogens with zero attached hydrogens (tertiary/aromatic N) is 5. The van der Waals surface area contributed by atoms with E-state index in [9.17, 15) is 10.1 Å². The van der Waals surface area contributed by atoms with Gasteiger partial charge in [0, 0.05) is 49.8 Å². The molecule has 4 rings (SSSR count). The fraction of sp³-hybridized carbons (Fsp3) is 0.579. The molecule has 0 bridgehead atoms. The minimum absolute atomic E-state index is 0.00224. The van der Waals surface area contributed by atoms with Gasteiger partial charge in [-0.15, -0.1) is 10.2 Å². The number of methoxy groups -OCH3 is 1. The van der Waals surface area contributed by atoms with E-state index in [1.807, 2.05) is 6.07 Å². The monoisotopic (exact) mass is 371 g/mol. The van der Waals surface area contributed by atoms with Crippen molar-refractivity contribution in [1.82, 2.24) is 14.8 Å². The molecule has 27 heavy (non-hydrogen) atoms. The Morgan fingerprint density at radius 1 is 1.19 bits per heavy atom. The first-order valence-corrected chi connectivity index (χ1v) is 9.66. The van der Waals surface area contributed by atoms with Crippen LogP contribution in [0.15, 0.2) is 18.2 Å². The van der Waals surface area contributed by atoms with Gasteiger partial charge in [-0.3, -0.25) is 10.1 Å². The predicted octanol–water partition coefficient (Wildman–Crippen LogP) is 3.31. The molecular formula is C19H25N5O3. The Hall–Kier alpha value is -2.64. The van der Waals surface area contributed by atoms with Crippen molar-refractivity contribution >= 4 is 11.4 Å². The second-order valence-corrected chi connectivity index (χ2v) is 7.34. The lowest BCUT2D eigenvalue weighted by atomic mass is 9.96. The van der Waals surface area contributed by atoms with Gasteiger partial charge in [0.15, 0.2) is 5.75 Å². The first kappa shape index (κ1) is 17.8. The van der Waals surface area contributed by atoms with E-state index >= 15 is 0 Å². The molecule has 1 aromatic carbocycles. The highest BCUT2D eigenvalue weighted by Gasteiger charge is 2.28. The van der Waals surface area contributed by atoms with E-state index in [1.165, 1.54) is 32.4 Å². The summed E-state index contributed by atoms with van der Waals surface area (Å²) in [7, 11) is 1.47. The fourth-order valence-corrected chi connectivity index (χ4v) is 4.25. The van der Waals surface area contributed by atoms with Gasteiger partial charge in [0.05, 0.1) is 12.0 Å². The number of benzene rings is 1. The van der Waals surface area contributed by atoms with Crippen molar-refractivity contribution in [1.29, 1.82) is 0 Å². The number of ether oxygens (including phenoxy) is 1. The Labute approximate surface area is 158 Å². The van der Waals surface area contributed by atoms with Crippen LogP contribution in [0.1, 0.15) is 49.7 Å². The quantitative estimate of drug-likeness (QED) is 0.605. The van der Waals surface area contributed by atoms with Gasteiger partial charge in [0.1, 0.15) is 11.6 Å². The van der Waals surface area contributed by atoms with Crippen LogP contribution in [0.25, 0.3) is 0 Å². The molecule has 1 fully saturated rings. The minimum Gasteiger partial charge on any atom is -0.490 e. The van der Waals surface area contributed by atoms with Crippen molar-refractivity contribution < 1.29 is 9.66 Å². The van der Waals surface area contributed by atoms with Crippen LogP contribution in [0, 0.1) is 10.1 Å². The third-order valence-corrected chi connectivity index (χ3v) is 5.65. The average molecular weight is 371 g/mol. The number of hydrogen-bond donors (Lipinski definition) is 0. The van der Waals surface area contributed by atoms with Crippen LogP contribution < -0.4 is 9.64 Å². The lowest BCUT2D eigenvalue weighted by Gasteiger charge is -2.34. The van der Waals surface area contributed by atoms with Gasteiger partial charge in [-0.05, 0) is 31.7 Å². The molecule has 1 aromatic heterocycles. The molecule has 1 atom stereocenters. The largest absolute Gasteiger partial charge is 0.490 e. The number of hydrogen-bond acceptors (Lipinski definition) is 6. The molecule has 2 aliphatic rings. The second kappa shape index (κ2) is 7.54. The highest BCUT2D eigenvalue weighted by molar-refractivity contribution is 5.59. The van der Waals surface area contributed by atoms with E-state index in [-0.39, 0.29) is 5.69 Å². The molecule has 8 heteroatoms. The Bertz CT molecular complexity index is 835. The maximum absolute atomic E-state index is 11.1. The van der Waals surface area contributed by atoms with E-state index in [1.54, 1.807) is 6.07 Å². The number of piperidine rings is 1. The van der Waals surface area contributed by atoms with Crippen LogP contribution in [0.3, 0.4) is 0 Å². The standard InChI is InChI=1S/C19H25N5O3/c1-27-17-12-15(8-9-16(17)24(25)26)22-10-5-6-14(13-22)19-21-20-18-7-3-2-4-11-23(18)19/h8-9,12,14H,2-7,10-11,13H2,1H3.